The number of fused-ring (bicyclic) bond motifs is 1. The lowest BCUT2D eigenvalue weighted by Crippen LogP contribution is -2.36. The Morgan fingerprint density at radius 2 is 2.04 bits per heavy atom. The van der Waals surface area contributed by atoms with Gasteiger partial charge in [0.1, 0.15) is 0 Å². The lowest BCUT2D eigenvalue weighted by atomic mass is 10.2. The average molecular weight is 364 g/mol. The third-order valence-corrected chi connectivity index (χ3v) is 5.21. The van der Waals surface area contributed by atoms with Gasteiger partial charge >= 0.3 is 5.97 Å². The van der Waals surface area contributed by atoms with Gasteiger partial charge in [-0.2, -0.15) is 0 Å². The number of nitrogens with one attached hydrogen (secondary N) is 1. The molecule has 25 heavy (non-hydrogen) atoms. The second-order valence-electron chi connectivity index (χ2n) is 5.78. The van der Waals surface area contributed by atoms with Crippen LogP contribution in [-0.2, 0) is 19.1 Å². The first-order chi connectivity index (χ1) is 12.0. The number of amides is 2. The van der Waals surface area contributed by atoms with Crippen molar-refractivity contribution in [3.8, 4) is 0 Å². The second-order valence-corrected chi connectivity index (χ2v) is 7.03. The summed E-state index contributed by atoms with van der Waals surface area (Å²) in [4.78, 5) is 38.8. The monoisotopic (exact) mass is 364 g/mol. The van der Waals surface area contributed by atoms with Gasteiger partial charge in [0.15, 0.2) is 6.61 Å². The van der Waals surface area contributed by atoms with E-state index in [-0.39, 0.29) is 24.8 Å². The number of carbonyl (C=O) groups excluding carboxylic acids is 3. The number of nitrogens with zero attached hydrogens (tertiary/aromatic N) is 1. The topological polar surface area (TPSA) is 75.7 Å². The summed E-state index contributed by atoms with van der Waals surface area (Å²) in [6, 6.07) is 7.45. The molecule has 0 radical (unpaired) electrons. The predicted molar refractivity (Wildman–Crippen MR) is 97.5 cm³/mol. The highest BCUT2D eigenvalue weighted by atomic mass is 32.2. The van der Waals surface area contributed by atoms with E-state index in [0.29, 0.717) is 13.1 Å². The third-order valence-electron chi connectivity index (χ3n) is 3.93. The van der Waals surface area contributed by atoms with Crippen molar-refractivity contribution in [2.24, 2.45) is 0 Å². The summed E-state index contributed by atoms with van der Waals surface area (Å²) in [6.07, 6.45) is 1.87. The quantitative estimate of drug-likeness (QED) is 0.718. The van der Waals surface area contributed by atoms with Crippen LogP contribution in [0, 0.1) is 0 Å². The fourth-order valence-corrected chi connectivity index (χ4v) is 3.57. The number of unbranched alkanes of at least 4 members (excludes halogenated alkanes) is 1. The normalized spacial score (nSPS) is 15.9. The first-order valence-corrected chi connectivity index (χ1v) is 9.43. The van der Waals surface area contributed by atoms with E-state index < -0.39 is 11.2 Å². The molecule has 1 aliphatic heterocycles. The third kappa shape index (κ3) is 5.49. The largest absolute Gasteiger partial charge is 0.456 e. The number of para-hydroxylation sites is 1. The Bertz CT molecular complexity index is 635. The number of benzene rings is 1. The van der Waals surface area contributed by atoms with E-state index in [1.54, 1.807) is 4.90 Å². The van der Waals surface area contributed by atoms with Gasteiger partial charge in [-0.15, -0.1) is 11.8 Å². The average Bonchev–Trinajstić information content (AvgIpc) is 2.61. The molecular formula is C18H24N2O4S. The van der Waals surface area contributed by atoms with Crippen molar-refractivity contribution in [2.45, 2.75) is 43.3 Å². The Hall–Kier alpha value is -2.02. The molecule has 1 N–H and O–H groups in total. The first-order valence-electron chi connectivity index (χ1n) is 8.55. The molecule has 1 aromatic carbocycles. The van der Waals surface area contributed by atoms with Crippen LogP contribution in [0.5, 0.6) is 0 Å². The van der Waals surface area contributed by atoms with Gasteiger partial charge in [-0.25, -0.2) is 0 Å². The molecule has 1 aliphatic rings. The number of ether oxygens (including phenoxy) is 1. The van der Waals surface area contributed by atoms with Gasteiger partial charge in [0.25, 0.3) is 5.91 Å². The fourth-order valence-electron chi connectivity index (χ4n) is 2.48. The zero-order valence-electron chi connectivity index (χ0n) is 14.6. The molecule has 0 saturated heterocycles. The Balaban J connectivity index is 1.82. The van der Waals surface area contributed by atoms with E-state index in [0.717, 1.165) is 23.4 Å². The van der Waals surface area contributed by atoms with Crippen molar-refractivity contribution in [1.29, 1.82) is 0 Å². The first kappa shape index (κ1) is 19.3. The highest BCUT2D eigenvalue weighted by Crippen LogP contribution is 2.36. The summed E-state index contributed by atoms with van der Waals surface area (Å²) >= 11 is 1.34. The SMILES string of the molecule is CCCCN(CC)C(=O)COC(=O)C[C@H]1Sc2ccccc2NC1=O. The molecule has 0 unspecified atom stereocenters. The van der Waals surface area contributed by atoms with Gasteiger partial charge in [0.05, 0.1) is 17.4 Å². The minimum Gasteiger partial charge on any atom is -0.456 e. The molecule has 1 heterocycles. The van der Waals surface area contributed by atoms with Crippen LogP contribution in [0.4, 0.5) is 5.69 Å². The highest BCUT2D eigenvalue weighted by molar-refractivity contribution is 8.01. The summed E-state index contributed by atoms with van der Waals surface area (Å²) in [5.74, 6) is -0.951. The number of anilines is 1. The van der Waals surface area contributed by atoms with Crippen LogP contribution in [0.3, 0.4) is 0 Å². The predicted octanol–water partition coefficient (Wildman–Crippen LogP) is 2.68. The number of rotatable bonds is 8. The standard InChI is InChI=1S/C18H24N2O4S/c1-3-5-10-20(4-2)16(21)12-24-17(22)11-15-18(23)19-13-8-6-7-9-14(13)25-15/h6-9,15H,3-5,10-12H2,1-2H3,(H,19,23)/t15-/m1/s1. The molecule has 0 aliphatic carbocycles. The van der Waals surface area contributed by atoms with Crippen LogP contribution in [0.1, 0.15) is 33.1 Å². The van der Waals surface area contributed by atoms with Gasteiger partial charge < -0.3 is 15.0 Å². The molecular weight excluding hydrogens is 340 g/mol. The smallest absolute Gasteiger partial charge is 0.307 e. The summed E-state index contributed by atoms with van der Waals surface area (Å²) in [5.41, 5.74) is 0.756. The Morgan fingerprint density at radius 3 is 2.76 bits per heavy atom. The van der Waals surface area contributed by atoms with E-state index >= 15 is 0 Å². The van der Waals surface area contributed by atoms with Crippen molar-refractivity contribution < 1.29 is 19.1 Å². The van der Waals surface area contributed by atoms with E-state index in [2.05, 4.69) is 12.2 Å². The van der Waals surface area contributed by atoms with Crippen molar-refractivity contribution in [3.63, 3.8) is 0 Å². The zero-order chi connectivity index (χ0) is 18.2. The van der Waals surface area contributed by atoms with Gasteiger partial charge in [-0.1, -0.05) is 25.5 Å². The van der Waals surface area contributed by atoms with Crippen molar-refractivity contribution >= 4 is 35.2 Å². The number of likely N-dealkylation sites (N-methyl/N-ethyl adjacent to an activating group) is 1. The Kier molecular flexibility index (Phi) is 7.31. The van der Waals surface area contributed by atoms with E-state index in [1.807, 2.05) is 31.2 Å². The van der Waals surface area contributed by atoms with Crippen molar-refractivity contribution in [3.05, 3.63) is 24.3 Å². The van der Waals surface area contributed by atoms with E-state index in [4.69, 9.17) is 4.74 Å². The molecule has 1 atom stereocenters. The Labute approximate surface area is 152 Å². The van der Waals surface area contributed by atoms with E-state index in [1.165, 1.54) is 11.8 Å². The summed E-state index contributed by atoms with van der Waals surface area (Å²) in [6.45, 7) is 4.94. The molecule has 1 aromatic rings. The molecule has 6 nitrogen and oxygen atoms in total. The molecule has 136 valence electrons. The van der Waals surface area contributed by atoms with Gasteiger partial charge in [0.2, 0.25) is 5.91 Å². The summed E-state index contributed by atoms with van der Waals surface area (Å²) in [7, 11) is 0. The van der Waals surface area contributed by atoms with Crippen LogP contribution in [-0.4, -0.2) is 47.6 Å². The number of esters is 1. The van der Waals surface area contributed by atoms with Gasteiger partial charge in [-0.05, 0) is 25.5 Å². The summed E-state index contributed by atoms with van der Waals surface area (Å²) < 4.78 is 5.08. The number of hydrogen-bond acceptors (Lipinski definition) is 5. The molecule has 2 amide bonds. The molecule has 0 bridgehead atoms. The molecule has 0 aromatic heterocycles. The van der Waals surface area contributed by atoms with Crippen LogP contribution in [0.25, 0.3) is 0 Å². The number of thioether (sulfide) groups is 1. The summed E-state index contributed by atoms with van der Waals surface area (Å²) in [5, 5.41) is 2.25. The zero-order valence-corrected chi connectivity index (χ0v) is 15.4. The molecule has 7 heteroatoms. The second kappa shape index (κ2) is 9.46. The number of hydrogen-bond donors (Lipinski definition) is 1. The van der Waals surface area contributed by atoms with Gasteiger partial charge in [0, 0.05) is 18.0 Å². The molecule has 2 rings (SSSR count). The minimum atomic E-state index is -0.542. The van der Waals surface area contributed by atoms with Crippen LogP contribution in [0.15, 0.2) is 29.2 Å². The lowest BCUT2D eigenvalue weighted by molar-refractivity contribution is -0.152. The van der Waals surface area contributed by atoms with Crippen LogP contribution in [0.2, 0.25) is 0 Å². The molecule has 0 spiro atoms. The maximum atomic E-state index is 12.1. The maximum Gasteiger partial charge on any atom is 0.307 e. The Morgan fingerprint density at radius 1 is 1.28 bits per heavy atom. The molecule has 0 fully saturated rings. The van der Waals surface area contributed by atoms with Crippen LogP contribution < -0.4 is 5.32 Å². The van der Waals surface area contributed by atoms with Gasteiger partial charge in [-0.3, -0.25) is 14.4 Å². The molecule has 0 saturated carbocycles. The van der Waals surface area contributed by atoms with Crippen molar-refractivity contribution in [2.75, 3.05) is 25.0 Å². The minimum absolute atomic E-state index is 0.0563. The maximum absolute atomic E-state index is 12.1. The van der Waals surface area contributed by atoms with Crippen LogP contribution >= 0.6 is 11.8 Å². The highest BCUT2D eigenvalue weighted by Gasteiger charge is 2.29. The number of carbonyl (C=O) groups is 3. The lowest BCUT2D eigenvalue weighted by Gasteiger charge is -2.23. The fraction of sp³-hybridized carbons (Fsp3) is 0.500. The van der Waals surface area contributed by atoms with E-state index in [9.17, 15) is 14.4 Å². The van der Waals surface area contributed by atoms with Crippen molar-refractivity contribution in [1.82, 2.24) is 4.90 Å².